The summed E-state index contributed by atoms with van der Waals surface area (Å²) in [6, 6.07) is 0. The summed E-state index contributed by atoms with van der Waals surface area (Å²) in [7, 11) is 0. The highest BCUT2D eigenvalue weighted by molar-refractivity contribution is 6.17. The second kappa shape index (κ2) is 8.85. The first-order valence-electron chi connectivity index (χ1n) is 3.93. The fourth-order valence-electron chi connectivity index (χ4n) is 0.597. The molecule has 0 aromatic rings. The van der Waals surface area contributed by atoms with Crippen LogP contribution in [0.25, 0.3) is 0 Å². The van der Waals surface area contributed by atoms with Gasteiger partial charge in [-0.1, -0.05) is 13.3 Å². The van der Waals surface area contributed by atoms with Gasteiger partial charge < -0.3 is 0 Å². The van der Waals surface area contributed by atoms with Crippen LogP contribution in [0.3, 0.4) is 0 Å². The SMILES string of the molecule is CCCCC#CCCCCl. The molecule has 0 amide bonds. The number of alkyl halides is 1. The molecule has 0 heterocycles. The van der Waals surface area contributed by atoms with E-state index in [0.717, 1.165) is 25.1 Å². The maximum absolute atomic E-state index is 5.47. The second-order valence-corrected chi connectivity index (χ2v) is 2.63. The Balaban J connectivity index is 2.98. The molecule has 58 valence electrons. The third kappa shape index (κ3) is 7.85. The molecule has 0 nitrogen and oxygen atoms in total. The second-order valence-electron chi connectivity index (χ2n) is 2.25. The van der Waals surface area contributed by atoms with Crippen molar-refractivity contribution >= 4 is 11.6 Å². The van der Waals surface area contributed by atoms with Crippen molar-refractivity contribution in [2.75, 3.05) is 5.88 Å². The Morgan fingerprint density at radius 3 is 2.20 bits per heavy atom. The molecule has 0 rings (SSSR count). The average molecular weight is 159 g/mol. The molecule has 0 aromatic carbocycles. The van der Waals surface area contributed by atoms with Crippen LogP contribution in [0.1, 0.15) is 39.0 Å². The van der Waals surface area contributed by atoms with Crippen molar-refractivity contribution in [2.45, 2.75) is 39.0 Å². The van der Waals surface area contributed by atoms with Gasteiger partial charge in [-0.2, -0.15) is 0 Å². The third-order valence-electron chi connectivity index (χ3n) is 1.22. The zero-order valence-electron chi connectivity index (χ0n) is 6.62. The molecule has 0 aromatic heterocycles. The van der Waals surface area contributed by atoms with E-state index in [2.05, 4.69) is 18.8 Å². The van der Waals surface area contributed by atoms with E-state index in [-0.39, 0.29) is 0 Å². The van der Waals surface area contributed by atoms with E-state index < -0.39 is 0 Å². The number of unbranched alkanes of at least 4 members (excludes halogenated alkanes) is 3. The summed E-state index contributed by atoms with van der Waals surface area (Å²) in [5.74, 6) is 6.94. The largest absolute Gasteiger partial charge is 0.127 e. The molecule has 0 aliphatic carbocycles. The quantitative estimate of drug-likeness (QED) is 0.335. The monoisotopic (exact) mass is 158 g/mol. The van der Waals surface area contributed by atoms with Crippen LogP contribution in [-0.4, -0.2) is 5.88 Å². The highest BCUT2D eigenvalue weighted by atomic mass is 35.5. The van der Waals surface area contributed by atoms with Gasteiger partial charge in [-0.05, 0) is 12.8 Å². The van der Waals surface area contributed by atoms with Crippen LogP contribution < -0.4 is 0 Å². The lowest BCUT2D eigenvalue weighted by Crippen LogP contribution is -1.72. The molecule has 0 radical (unpaired) electrons. The highest BCUT2D eigenvalue weighted by Crippen LogP contribution is 1.92. The summed E-state index contributed by atoms with van der Waals surface area (Å²) in [5.41, 5.74) is 0. The summed E-state index contributed by atoms with van der Waals surface area (Å²) in [4.78, 5) is 0. The van der Waals surface area contributed by atoms with Crippen LogP contribution >= 0.6 is 11.6 Å². The molecule has 10 heavy (non-hydrogen) atoms. The Labute approximate surface area is 69.0 Å². The van der Waals surface area contributed by atoms with E-state index in [1.54, 1.807) is 0 Å². The maximum Gasteiger partial charge on any atom is 0.0232 e. The molecule has 0 spiro atoms. The molecule has 0 saturated carbocycles. The van der Waals surface area contributed by atoms with Gasteiger partial charge in [-0.3, -0.25) is 0 Å². The molecule has 0 aliphatic rings. The Kier molecular flexibility index (Phi) is 8.72. The molecule has 0 aliphatic heterocycles. The number of halogens is 1. The fraction of sp³-hybridized carbons (Fsp3) is 0.778. The lowest BCUT2D eigenvalue weighted by atomic mass is 10.2. The zero-order valence-corrected chi connectivity index (χ0v) is 7.38. The van der Waals surface area contributed by atoms with Crippen LogP contribution in [0, 0.1) is 11.8 Å². The van der Waals surface area contributed by atoms with Gasteiger partial charge in [-0.15, -0.1) is 23.4 Å². The topological polar surface area (TPSA) is 0 Å². The normalized spacial score (nSPS) is 8.60. The van der Waals surface area contributed by atoms with E-state index in [1.165, 1.54) is 12.8 Å². The third-order valence-corrected chi connectivity index (χ3v) is 1.48. The highest BCUT2D eigenvalue weighted by Gasteiger charge is 1.78. The molecule has 0 atom stereocenters. The van der Waals surface area contributed by atoms with Crippen LogP contribution in [-0.2, 0) is 0 Å². The summed E-state index contributed by atoms with van der Waals surface area (Å²) < 4.78 is 0. The van der Waals surface area contributed by atoms with E-state index in [1.807, 2.05) is 0 Å². The number of rotatable bonds is 4. The van der Waals surface area contributed by atoms with E-state index >= 15 is 0 Å². The molecule has 0 fully saturated rings. The van der Waals surface area contributed by atoms with Crippen molar-refractivity contribution in [1.29, 1.82) is 0 Å². The first-order valence-corrected chi connectivity index (χ1v) is 4.47. The predicted molar refractivity (Wildman–Crippen MR) is 47.3 cm³/mol. The van der Waals surface area contributed by atoms with Crippen molar-refractivity contribution in [1.82, 2.24) is 0 Å². The maximum atomic E-state index is 5.47. The van der Waals surface area contributed by atoms with Gasteiger partial charge >= 0.3 is 0 Å². The Morgan fingerprint density at radius 2 is 1.70 bits per heavy atom. The lowest BCUT2D eigenvalue weighted by Gasteiger charge is -1.84. The van der Waals surface area contributed by atoms with E-state index in [0.29, 0.717) is 0 Å². The average Bonchev–Trinajstić information content (AvgIpc) is 1.97. The van der Waals surface area contributed by atoms with Gasteiger partial charge in [0.25, 0.3) is 0 Å². The first kappa shape index (κ1) is 9.85. The zero-order chi connectivity index (χ0) is 7.66. The van der Waals surface area contributed by atoms with Gasteiger partial charge in [0.15, 0.2) is 0 Å². The fourth-order valence-corrected chi connectivity index (χ4v) is 0.731. The van der Waals surface area contributed by atoms with Crippen molar-refractivity contribution in [2.24, 2.45) is 0 Å². The number of hydrogen-bond acceptors (Lipinski definition) is 0. The minimum absolute atomic E-state index is 0.739. The molecular weight excluding hydrogens is 144 g/mol. The van der Waals surface area contributed by atoms with Crippen LogP contribution in [0.15, 0.2) is 0 Å². The van der Waals surface area contributed by atoms with Gasteiger partial charge in [0, 0.05) is 18.7 Å². The molecule has 0 saturated heterocycles. The van der Waals surface area contributed by atoms with Gasteiger partial charge in [-0.25, -0.2) is 0 Å². The van der Waals surface area contributed by atoms with Crippen LogP contribution in [0.2, 0.25) is 0 Å². The molecule has 0 bridgehead atoms. The van der Waals surface area contributed by atoms with Crippen molar-refractivity contribution in [3.05, 3.63) is 0 Å². The Hall–Kier alpha value is -0.150. The summed E-state index contributed by atoms with van der Waals surface area (Å²) in [5, 5.41) is 0. The summed E-state index contributed by atoms with van der Waals surface area (Å²) in [6.45, 7) is 2.18. The minimum Gasteiger partial charge on any atom is -0.127 e. The van der Waals surface area contributed by atoms with Crippen molar-refractivity contribution < 1.29 is 0 Å². The molecule has 1 heteroatoms. The van der Waals surface area contributed by atoms with Gasteiger partial charge in [0.2, 0.25) is 0 Å². The lowest BCUT2D eigenvalue weighted by molar-refractivity contribution is 0.826. The van der Waals surface area contributed by atoms with Crippen molar-refractivity contribution in [3.63, 3.8) is 0 Å². The van der Waals surface area contributed by atoms with Gasteiger partial charge in [0.1, 0.15) is 0 Å². The minimum atomic E-state index is 0.739. The molecule has 0 N–H and O–H groups in total. The predicted octanol–water partition coefficient (Wildman–Crippen LogP) is 3.20. The Bertz CT molecular complexity index is 95.6. The number of hydrogen-bond donors (Lipinski definition) is 0. The molecular formula is C9H15Cl. The summed E-state index contributed by atoms with van der Waals surface area (Å²) in [6.07, 6.45) is 5.52. The molecule has 0 unspecified atom stereocenters. The van der Waals surface area contributed by atoms with Crippen LogP contribution in [0.5, 0.6) is 0 Å². The van der Waals surface area contributed by atoms with Crippen molar-refractivity contribution in [3.8, 4) is 11.8 Å². The van der Waals surface area contributed by atoms with E-state index in [9.17, 15) is 0 Å². The first-order chi connectivity index (χ1) is 4.91. The summed E-state index contributed by atoms with van der Waals surface area (Å²) >= 11 is 5.47. The Morgan fingerprint density at radius 1 is 1.10 bits per heavy atom. The smallest absolute Gasteiger partial charge is 0.0232 e. The van der Waals surface area contributed by atoms with Gasteiger partial charge in [0.05, 0.1) is 0 Å². The van der Waals surface area contributed by atoms with Crippen LogP contribution in [0.4, 0.5) is 0 Å². The van der Waals surface area contributed by atoms with E-state index in [4.69, 9.17) is 11.6 Å². The standard InChI is InChI=1S/C9H15Cl/c1-2-3-4-5-6-7-8-9-10/h2-4,7-9H2,1H3.